The zero-order valence-electron chi connectivity index (χ0n) is 16.2. The lowest BCUT2D eigenvalue weighted by molar-refractivity contribution is 0.0722. The Morgan fingerprint density at radius 1 is 0.966 bits per heavy atom. The standard InChI is InChI=1S/C24H24N2O2S/c27-24(22-12-7-14-25-23(22)28-21-13-15-29-18-21)26(16-19-8-3-1-4-9-19)17-20-10-5-2-6-11-20/h1-12,14,21H,13,15-18H2. The lowest BCUT2D eigenvalue weighted by Crippen LogP contribution is -2.31. The van der Waals surface area contributed by atoms with Crippen molar-refractivity contribution in [3.8, 4) is 5.88 Å². The van der Waals surface area contributed by atoms with E-state index < -0.39 is 0 Å². The summed E-state index contributed by atoms with van der Waals surface area (Å²) < 4.78 is 6.10. The van der Waals surface area contributed by atoms with Gasteiger partial charge < -0.3 is 9.64 Å². The first kappa shape index (κ1) is 19.5. The van der Waals surface area contributed by atoms with Crippen LogP contribution in [0.2, 0.25) is 0 Å². The Morgan fingerprint density at radius 3 is 2.21 bits per heavy atom. The van der Waals surface area contributed by atoms with E-state index in [1.54, 1.807) is 12.3 Å². The fraction of sp³-hybridized carbons (Fsp3) is 0.250. The molecule has 148 valence electrons. The third-order valence-electron chi connectivity index (χ3n) is 4.89. The van der Waals surface area contributed by atoms with Crippen LogP contribution in [0.5, 0.6) is 5.88 Å². The highest BCUT2D eigenvalue weighted by atomic mass is 32.2. The number of benzene rings is 2. The van der Waals surface area contributed by atoms with Gasteiger partial charge in [0.15, 0.2) is 0 Å². The number of hydrogen-bond donors (Lipinski definition) is 0. The molecule has 1 aliphatic heterocycles. The molecule has 2 aromatic carbocycles. The van der Waals surface area contributed by atoms with Gasteiger partial charge in [-0.05, 0) is 35.4 Å². The minimum Gasteiger partial charge on any atom is -0.473 e. The van der Waals surface area contributed by atoms with Crippen molar-refractivity contribution in [3.63, 3.8) is 0 Å². The fourth-order valence-corrected chi connectivity index (χ4v) is 4.48. The first-order valence-corrected chi connectivity index (χ1v) is 11.0. The van der Waals surface area contributed by atoms with Crippen molar-refractivity contribution in [3.05, 3.63) is 95.7 Å². The number of pyridine rings is 1. The lowest BCUT2D eigenvalue weighted by atomic mass is 10.1. The summed E-state index contributed by atoms with van der Waals surface area (Å²) in [5.41, 5.74) is 2.71. The zero-order chi connectivity index (χ0) is 19.9. The predicted molar refractivity (Wildman–Crippen MR) is 117 cm³/mol. The van der Waals surface area contributed by atoms with Gasteiger partial charge in [0, 0.05) is 25.0 Å². The first-order valence-electron chi connectivity index (χ1n) is 9.86. The SMILES string of the molecule is O=C(c1cccnc1OC1CCSC1)N(Cc1ccccc1)Cc1ccccc1. The molecule has 29 heavy (non-hydrogen) atoms. The topological polar surface area (TPSA) is 42.4 Å². The van der Waals surface area contributed by atoms with Gasteiger partial charge in [-0.15, -0.1) is 0 Å². The number of aromatic nitrogens is 1. The lowest BCUT2D eigenvalue weighted by Gasteiger charge is -2.24. The van der Waals surface area contributed by atoms with E-state index in [4.69, 9.17) is 4.74 Å². The zero-order valence-corrected chi connectivity index (χ0v) is 17.1. The number of carbonyl (C=O) groups is 1. The summed E-state index contributed by atoms with van der Waals surface area (Å²) in [4.78, 5) is 19.8. The van der Waals surface area contributed by atoms with E-state index in [0.717, 1.165) is 29.1 Å². The molecule has 1 aromatic heterocycles. The Hall–Kier alpha value is -2.79. The summed E-state index contributed by atoms with van der Waals surface area (Å²) in [6, 6.07) is 23.7. The maximum atomic E-state index is 13.5. The van der Waals surface area contributed by atoms with Gasteiger partial charge >= 0.3 is 0 Å². The minimum absolute atomic E-state index is 0.0635. The molecule has 0 spiro atoms. The van der Waals surface area contributed by atoms with Crippen LogP contribution in [0, 0.1) is 0 Å². The molecule has 2 heterocycles. The molecular formula is C24H24N2O2S. The van der Waals surface area contributed by atoms with Crippen LogP contribution in [-0.4, -0.2) is 33.4 Å². The third-order valence-corrected chi connectivity index (χ3v) is 6.02. The molecule has 4 rings (SSSR count). The Bertz CT molecular complexity index is 886. The number of hydrogen-bond acceptors (Lipinski definition) is 4. The van der Waals surface area contributed by atoms with E-state index >= 15 is 0 Å². The molecule has 1 unspecified atom stereocenters. The average Bonchev–Trinajstić information content (AvgIpc) is 3.28. The molecule has 0 bridgehead atoms. The number of rotatable bonds is 7. The van der Waals surface area contributed by atoms with Crippen molar-refractivity contribution in [1.82, 2.24) is 9.88 Å². The van der Waals surface area contributed by atoms with Crippen LogP contribution in [0.3, 0.4) is 0 Å². The third kappa shape index (κ3) is 5.18. The Balaban J connectivity index is 1.60. The molecular weight excluding hydrogens is 380 g/mol. The largest absolute Gasteiger partial charge is 0.473 e. The van der Waals surface area contributed by atoms with Crippen LogP contribution in [0.25, 0.3) is 0 Å². The number of amides is 1. The van der Waals surface area contributed by atoms with Gasteiger partial charge in [-0.3, -0.25) is 4.79 Å². The summed E-state index contributed by atoms with van der Waals surface area (Å²) in [6.45, 7) is 1.06. The number of carbonyl (C=O) groups excluding carboxylic acids is 1. The second kappa shape index (κ2) is 9.61. The molecule has 1 aliphatic rings. The number of ether oxygens (including phenoxy) is 1. The minimum atomic E-state index is -0.0635. The van der Waals surface area contributed by atoms with E-state index in [0.29, 0.717) is 24.5 Å². The molecule has 1 fully saturated rings. The summed E-state index contributed by atoms with van der Waals surface area (Å²) in [5.74, 6) is 2.42. The van der Waals surface area contributed by atoms with E-state index in [1.165, 1.54) is 0 Å². The van der Waals surface area contributed by atoms with Crippen LogP contribution in [0.4, 0.5) is 0 Å². The van der Waals surface area contributed by atoms with E-state index in [1.807, 2.05) is 83.4 Å². The average molecular weight is 405 g/mol. The van der Waals surface area contributed by atoms with Gasteiger partial charge in [0.25, 0.3) is 5.91 Å². The second-order valence-electron chi connectivity index (χ2n) is 7.09. The van der Waals surface area contributed by atoms with Crippen LogP contribution < -0.4 is 4.74 Å². The van der Waals surface area contributed by atoms with Gasteiger partial charge in [0.2, 0.25) is 5.88 Å². The Morgan fingerprint density at radius 2 is 1.62 bits per heavy atom. The molecule has 3 aromatic rings. The van der Waals surface area contributed by atoms with Crippen molar-refractivity contribution in [2.75, 3.05) is 11.5 Å². The fourth-order valence-electron chi connectivity index (χ4n) is 3.39. The van der Waals surface area contributed by atoms with E-state index in [-0.39, 0.29) is 12.0 Å². The maximum Gasteiger partial charge on any atom is 0.259 e. The number of nitrogens with zero attached hydrogens (tertiary/aromatic N) is 2. The molecule has 5 heteroatoms. The van der Waals surface area contributed by atoms with Gasteiger partial charge in [-0.1, -0.05) is 60.7 Å². The van der Waals surface area contributed by atoms with Crippen LogP contribution >= 0.6 is 11.8 Å². The highest BCUT2D eigenvalue weighted by Crippen LogP contribution is 2.26. The second-order valence-corrected chi connectivity index (χ2v) is 8.24. The summed E-state index contributed by atoms with van der Waals surface area (Å²) in [7, 11) is 0. The predicted octanol–water partition coefficient (Wildman–Crippen LogP) is 4.81. The maximum absolute atomic E-state index is 13.5. The van der Waals surface area contributed by atoms with Gasteiger partial charge in [0.1, 0.15) is 11.7 Å². The molecule has 1 amide bonds. The van der Waals surface area contributed by atoms with Crippen molar-refractivity contribution in [1.29, 1.82) is 0 Å². The van der Waals surface area contributed by atoms with Crippen LogP contribution in [0.15, 0.2) is 79.0 Å². The van der Waals surface area contributed by atoms with Crippen molar-refractivity contribution >= 4 is 17.7 Å². The molecule has 0 N–H and O–H groups in total. The molecule has 0 saturated carbocycles. The first-order chi connectivity index (χ1) is 14.3. The molecule has 0 radical (unpaired) electrons. The summed E-state index contributed by atoms with van der Waals surface area (Å²) in [5, 5.41) is 0. The molecule has 4 nitrogen and oxygen atoms in total. The van der Waals surface area contributed by atoms with Crippen LogP contribution in [0.1, 0.15) is 27.9 Å². The summed E-state index contributed by atoms with van der Waals surface area (Å²) >= 11 is 1.88. The molecule has 0 aliphatic carbocycles. The summed E-state index contributed by atoms with van der Waals surface area (Å²) in [6.07, 6.45) is 2.80. The molecule has 1 atom stereocenters. The quantitative estimate of drug-likeness (QED) is 0.567. The number of thioether (sulfide) groups is 1. The van der Waals surface area contributed by atoms with Crippen molar-refractivity contribution in [2.45, 2.75) is 25.6 Å². The smallest absolute Gasteiger partial charge is 0.259 e. The van der Waals surface area contributed by atoms with Gasteiger partial charge in [0.05, 0.1) is 0 Å². The van der Waals surface area contributed by atoms with Crippen molar-refractivity contribution in [2.24, 2.45) is 0 Å². The van der Waals surface area contributed by atoms with Crippen molar-refractivity contribution < 1.29 is 9.53 Å². The Kier molecular flexibility index (Phi) is 6.47. The van der Waals surface area contributed by atoms with Gasteiger partial charge in [-0.25, -0.2) is 4.98 Å². The van der Waals surface area contributed by atoms with Gasteiger partial charge in [-0.2, -0.15) is 11.8 Å². The van der Waals surface area contributed by atoms with E-state index in [9.17, 15) is 4.79 Å². The van der Waals surface area contributed by atoms with Crippen LogP contribution in [-0.2, 0) is 13.1 Å². The normalized spacial score (nSPS) is 15.8. The monoisotopic (exact) mass is 404 g/mol. The Labute approximate surface area is 175 Å². The molecule has 1 saturated heterocycles. The highest BCUT2D eigenvalue weighted by Gasteiger charge is 2.24. The highest BCUT2D eigenvalue weighted by molar-refractivity contribution is 7.99. The van der Waals surface area contributed by atoms with E-state index in [2.05, 4.69) is 4.98 Å².